The van der Waals surface area contributed by atoms with Gasteiger partial charge in [0.25, 0.3) is 0 Å². The van der Waals surface area contributed by atoms with E-state index in [0.29, 0.717) is 6.61 Å². The number of rotatable bonds is 1. The Morgan fingerprint density at radius 1 is 1.33 bits per heavy atom. The third-order valence-electron chi connectivity index (χ3n) is 0.167. The van der Waals surface area contributed by atoms with Crippen LogP contribution in [0.1, 0.15) is 6.92 Å². The summed E-state index contributed by atoms with van der Waals surface area (Å²) < 4.78 is 0. The van der Waals surface area contributed by atoms with Gasteiger partial charge in [-0.1, -0.05) is 0 Å². The minimum Gasteiger partial charge on any atom is -0.368 e. The first-order valence-electron chi connectivity index (χ1n) is 2.13. The third kappa shape index (κ3) is 299. The van der Waals surface area contributed by atoms with Crippen LogP contribution < -0.4 is 5.90 Å². The fraction of sp³-hybridized carbons (Fsp3) is 1.00. The van der Waals surface area contributed by atoms with Crippen molar-refractivity contribution in [1.29, 1.82) is 0 Å². The molecule has 0 aromatic heterocycles. The first kappa shape index (κ1) is 11.7. The molecule has 0 rings (SSSR count). The van der Waals surface area contributed by atoms with E-state index in [1.54, 1.807) is 0 Å². The molecule has 0 fully saturated rings. The largest absolute Gasteiger partial charge is 0.668 e. The van der Waals surface area contributed by atoms with Crippen molar-refractivity contribution in [3.05, 3.63) is 0 Å². The summed E-state index contributed by atoms with van der Waals surface area (Å²) in [6.45, 7) is 2.43. The van der Waals surface area contributed by atoms with E-state index < -0.39 is 9.05 Å². The van der Waals surface area contributed by atoms with Crippen LogP contribution in [-0.4, -0.2) is 34.8 Å². The van der Waals surface area contributed by atoms with Gasteiger partial charge in [-0.15, -0.1) is 0 Å². The van der Waals surface area contributed by atoms with Crippen LogP contribution in [-0.2, 0) is 4.84 Å². The van der Waals surface area contributed by atoms with Crippen LogP contribution in [0.2, 0.25) is 0 Å². The molecule has 0 aromatic rings. The lowest BCUT2D eigenvalue weighted by molar-refractivity contribution is 0.117. The Balaban J connectivity index is 0. The lowest BCUT2D eigenvalue weighted by atomic mass is 10.9. The summed E-state index contributed by atoms with van der Waals surface area (Å²) >= 11 is 0. The molecule has 0 aliphatic carbocycles. The van der Waals surface area contributed by atoms with Gasteiger partial charge in [0.1, 0.15) is 0 Å². The maximum atomic E-state index is 7.33. The summed E-state index contributed by atoms with van der Waals surface area (Å²) in [5.74, 6) is 4.53. The second-order valence-corrected chi connectivity index (χ2v) is 2.26. The van der Waals surface area contributed by atoms with Crippen LogP contribution in [0.15, 0.2) is 0 Å². The van der Waals surface area contributed by atoms with Crippen LogP contribution in [0, 0.1) is 0 Å². The highest BCUT2D eigenvalue weighted by Gasteiger charge is 2.22. The molecule has 0 spiro atoms. The molecule has 0 bridgehead atoms. The highest BCUT2D eigenvalue weighted by atomic mass is 28.4. The molecule has 0 heterocycles. The number of nitrogens with two attached hydrogens (primary N) is 1. The maximum absolute atomic E-state index is 7.33. The quantitative estimate of drug-likeness (QED) is 0.209. The summed E-state index contributed by atoms with van der Waals surface area (Å²) in [5, 5.41) is 0. The second kappa shape index (κ2) is 6.10. The number of hydrogen-bond acceptors (Lipinski definition) is 6. The molecule has 0 aliphatic rings. The molecule has 0 unspecified atom stereocenters. The van der Waals surface area contributed by atoms with Crippen molar-refractivity contribution in [1.82, 2.24) is 0 Å². The van der Waals surface area contributed by atoms with Gasteiger partial charge in [-0.2, -0.15) is 0 Å². The minimum absolute atomic E-state index is 0.597. The minimum atomic E-state index is -4.61. The van der Waals surface area contributed by atoms with E-state index in [9.17, 15) is 0 Å². The SMILES string of the molecule is CCON.O[Si](O)(O)O. The Hall–Kier alpha value is -0.0231. The lowest BCUT2D eigenvalue weighted by Gasteiger charge is -1.91. The Bertz CT molecular complexity index is 45.4. The predicted octanol–water partition coefficient (Wildman–Crippen LogP) is -2.71. The fourth-order valence-electron chi connectivity index (χ4n) is 0. The highest BCUT2D eigenvalue weighted by Crippen LogP contribution is 1.67. The third-order valence-corrected chi connectivity index (χ3v) is 0.167. The molecule has 0 aliphatic heterocycles. The molecule has 0 atom stereocenters. The van der Waals surface area contributed by atoms with Crippen LogP contribution in [0.4, 0.5) is 0 Å². The molecule has 0 radical (unpaired) electrons. The normalized spacial score (nSPS) is 10.0. The van der Waals surface area contributed by atoms with Crippen molar-refractivity contribution >= 4 is 9.05 Å². The van der Waals surface area contributed by atoms with E-state index in [0.717, 1.165) is 0 Å². The molecule has 0 amide bonds. The van der Waals surface area contributed by atoms with E-state index in [-0.39, 0.29) is 0 Å². The van der Waals surface area contributed by atoms with Gasteiger partial charge < -0.3 is 24.0 Å². The van der Waals surface area contributed by atoms with E-state index in [1.807, 2.05) is 6.92 Å². The van der Waals surface area contributed by atoms with Crippen molar-refractivity contribution < 1.29 is 24.0 Å². The summed E-state index contributed by atoms with van der Waals surface area (Å²) in [6.07, 6.45) is 0. The zero-order valence-electron chi connectivity index (χ0n) is 4.98. The average Bonchev–Trinajstić information content (AvgIpc) is 1.61. The monoisotopic (exact) mass is 157 g/mol. The van der Waals surface area contributed by atoms with Gasteiger partial charge in [0.2, 0.25) is 0 Å². The summed E-state index contributed by atoms with van der Waals surface area (Å²) in [4.78, 5) is 33.3. The van der Waals surface area contributed by atoms with Gasteiger partial charge in [0, 0.05) is 0 Å². The summed E-state index contributed by atoms with van der Waals surface area (Å²) in [6, 6.07) is 0. The van der Waals surface area contributed by atoms with Crippen LogP contribution >= 0.6 is 0 Å². The first-order valence-corrected chi connectivity index (χ1v) is 3.91. The van der Waals surface area contributed by atoms with Crippen molar-refractivity contribution in [2.75, 3.05) is 6.61 Å². The molecule has 0 saturated carbocycles. The Morgan fingerprint density at radius 2 is 1.44 bits per heavy atom. The molecular formula is C2H11NO5Si. The van der Waals surface area contributed by atoms with Crippen molar-refractivity contribution in [3.8, 4) is 0 Å². The van der Waals surface area contributed by atoms with Crippen molar-refractivity contribution in [2.24, 2.45) is 5.90 Å². The topological polar surface area (TPSA) is 116 Å². The van der Waals surface area contributed by atoms with Crippen molar-refractivity contribution in [2.45, 2.75) is 6.92 Å². The lowest BCUT2D eigenvalue weighted by Crippen LogP contribution is -2.33. The molecule has 0 aromatic carbocycles. The molecule has 6 nitrogen and oxygen atoms in total. The van der Waals surface area contributed by atoms with Gasteiger partial charge >= 0.3 is 9.05 Å². The van der Waals surface area contributed by atoms with Crippen LogP contribution in [0.25, 0.3) is 0 Å². The Morgan fingerprint density at radius 3 is 1.44 bits per heavy atom. The smallest absolute Gasteiger partial charge is 0.368 e. The fourth-order valence-corrected chi connectivity index (χ4v) is 0. The van der Waals surface area contributed by atoms with Gasteiger partial charge in [0.05, 0.1) is 6.61 Å². The second-order valence-electron chi connectivity index (χ2n) is 1.06. The zero-order valence-corrected chi connectivity index (χ0v) is 5.98. The zero-order chi connectivity index (χ0) is 7.91. The Kier molecular flexibility index (Phi) is 7.96. The highest BCUT2D eigenvalue weighted by molar-refractivity contribution is 6.46. The van der Waals surface area contributed by atoms with Gasteiger partial charge in [-0.3, -0.25) is 0 Å². The summed E-state index contributed by atoms with van der Waals surface area (Å²) in [5.41, 5.74) is 0. The predicted molar refractivity (Wildman–Crippen MR) is 30.4 cm³/mol. The maximum Gasteiger partial charge on any atom is 0.668 e. The standard InChI is InChI=1S/C2H7NO.H4O4Si/c1-2-4-3;1-5(2,3)4/h2-3H2,1H3;1-4H. The molecule has 9 heavy (non-hydrogen) atoms. The van der Waals surface area contributed by atoms with Crippen LogP contribution in [0.3, 0.4) is 0 Å². The summed E-state index contributed by atoms with van der Waals surface area (Å²) in [7, 11) is -4.61. The first-order chi connectivity index (χ1) is 3.91. The van der Waals surface area contributed by atoms with E-state index in [2.05, 4.69) is 10.7 Å². The number of hydrogen-bond donors (Lipinski definition) is 5. The average molecular weight is 157 g/mol. The molecule has 0 saturated heterocycles. The van der Waals surface area contributed by atoms with E-state index in [4.69, 9.17) is 19.2 Å². The Labute approximate surface area is 53.6 Å². The molecule has 58 valence electrons. The molecule has 7 heteroatoms. The van der Waals surface area contributed by atoms with E-state index >= 15 is 0 Å². The van der Waals surface area contributed by atoms with Crippen LogP contribution in [0.5, 0.6) is 0 Å². The molecule has 6 N–H and O–H groups in total. The van der Waals surface area contributed by atoms with Gasteiger partial charge in [0.15, 0.2) is 0 Å². The molecular weight excluding hydrogens is 146 g/mol. The van der Waals surface area contributed by atoms with E-state index in [1.165, 1.54) is 0 Å². The van der Waals surface area contributed by atoms with Gasteiger partial charge in [-0.05, 0) is 6.92 Å². The van der Waals surface area contributed by atoms with Crippen molar-refractivity contribution in [3.63, 3.8) is 0 Å². The van der Waals surface area contributed by atoms with Gasteiger partial charge in [-0.25, -0.2) is 5.90 Å².